The molecule has 1 fully saturated rings. The molecule has 13 atom stereocenters. The highest BCUT2D eigenvalue weighted by Gasteiger charge is 2.43. The van der Waals surface area contributed by atoms with E-state index in [4.69, 9.17) is 9.47 Å². The minimum Gasteiger partial charge on any atom is -0.481 e. The molecule has 1 rings (SSSR count). The van der Waals surface area contributed by atoms with E-state index in [2.05, 4.69) is 11.8 Å². The molecule has 0 aromatic rings. The molecular weight excluding hydrogens is 540 g/mol. The molecule has 1 saturated heterocycles. The first-order valence-electron chi connectivity index (χ1n) is 16.2. The van der Waals surface area contributed by atoms with E-state index in [1.54, 1.807) is 20.8 Å². The van der Waals surface area contributed by atoms with Gasteiger partial charge in [-0.2, -0.15) is 0 Å². The maximum absolute atomic E-state index is 12.1. The summed E-state index contributed by atoms with van der Waals surface area (Å²) in [6.07, 6.45) is -1.96. The molecule has 0 bridgehead atoms. The standard InChI is InChI=1S/C32H64N2O8/c1-12-15-32(10,40)30(37)23(8)33(11)18-19(4)16-20(5)27(35)21(6)29(22(7)31(38)39)42-26-17-25(34(13-2)14-3)28(36)24(9)41-26/h19-30,35-37,40H,12-18H2,1-11H3,(H,38,39)/t19-,20+,21-,22-,23-,24-,25?,26+,27?,28-,29?,30-,32?/m1/s1. The van der Waals surface area contributed by atoms with Gasteiger partial charge in [0.1, 0.15) is 0 Å². The number of aliphatic hydroxyl groups excluding tert-OH is 3. The first-order valence-corrected chi connectivity index (χ1v) is 16.2. The van der Waals surface area contributed by atoms with Gasteiger partial charge in [0.15, 0.2) is 6.29 Å². The second kappa shape index (κ2) is 17.6. The van der Waals surface area contributed by atoms with E-state index in [1.807, 2.05) is 53.5 Å². The fourth-order valence-electron chi connectivity index (χ4n) is 6.82. The first kappa shape index (κ1) is 39.2. The number of rotatable bonds is 19. The molecule has 250 valence electrons. The number of likely N-dealkylation sites (N-methyl/N-ethyl adjacent to an activating group) is 2. The van der Waals surface area contributed by atoms with Crippen LogP contribution >= 0.6 is 0 Å². The molecule has 4 unspecified atom stereocenters. The highest BCUT2D eigenvalue weighted by Crippen LogP contribution is 2.32. The molecule has 0 aliphatic carbocycles. The summed E-state index contributed by atoms with van der Waals surface area (Å²) in [6, 6.07) is -0.419. The molecule has 0 aromatic heterocycles. The highest BCUT2D eigenvalue weighted by molar-refractivity contribution is 5.70. The van der Waals surface area contributed by atoms with Gasteiger partial charge in [0.05, 0.1) is 42.0 Å². The summed E-state index contributed by atoms with van der Waals surface area (Å²) in [5, 5.41) is 53.6. The van der Waals surface area contributed by atoms with Gasteiger partial charge in [-0.25, -0.2) is 0 Å². The Morgan fingerprint density at radius 2 is 1.67 bits per heavy atom. The Kier molecular flexibility index (Phi) is 16.4. The molecular formula is C32H64N2O8. The largest absolute Gasteiger partial charge is 0.481 e. The number of carboxylic acid groups (broad SMARTS) is 1. The Bertz CT molecular complexity index is 780. The second-order valence-corrected chi connectivity index (χ2v) is 13.4. The number of hydrogen-bond donors (Lipinski definition) is 5. The maximum Gasteiger partial charge on any atom is 0.308 e. The number of carboxylic acids is 1. The lowest BCUT2D eigenvalue weighted by Gasteiger charge is -2.44. The number of nitrogens with zero attached hydrogens (tertiary/aromatic N) is 2. The van der Waals surface area contributed by atoms with E-state index in [0.29, 0.717) is 25.8 Å². The molecule has 5 N–H and O–H groups in total. The number of ether oxygens (including phenoxy) is 2. The van der Waals surface area contributed by atoms with E-state index < -0.39 is 60.2 Å². The van der Waals surface area contributed by atoms with Crippen LogP contribution in [0.4, 0.5) is 0 Å². The van der Waals surface area contributed by atoms with Crippen molar-refractivity contribution in [2.45, 2.75) is 149 Å². The van der Waals surface area contributed by atoms with Crippen LogP contribution in [0.25, 0.3) is 0 Å². The van der Waals surface area contributed by atoms with Crippen molar-refractivity contribution in [2.24, 2.45) is 23.7 Å². The van der Waals surface area contributed by atoms with Crippen molar-refractivity contribution in [3.63, 3.8) is 0 Å². The average molecular weight is 605 g/mol. The third kappa shape index (κ3) is 10.6. The van der Waals surface area contributed by atoms with Gasteiger partial charge in [0.25, 0.3) is 0 Å². The van der Waals surface area contributed by atoms with E-state index >= 15 is 0 Å². The molecule has 1 heterocycles. The van der Waals surface area contributed by atoms with E-state index in [1.165, 1.54) is 0 Å². The minimum absolute atomic E-state index is 0.143. The predicted molar refractivity (Wildman–Crippen MR) is 165 cm³/mol. The Hall–Kier alpha value is -0.850. The minimum atomic E-state index is -1.16. The lowest BCUT2D eigenvalue weighted by Crippen LogP contribution is -2.56. The van der Waals surface area contributed by atoms with Gasteiger partial charge in [-0.3, -0.25) is 9.69 Å². The van der Waals surface area contributed by atoms with Gasteiger partial charge >= 0.3 is 5.97 Å². The van der Waals surface area contributed by atoms with Crippen LogP contribution in [0.3, 0.4) is 0 Å². The van der Waals surface area contributed by atoms with Crippen LogP contribution in [0, 0.1) is 23.7 Å². The van der Waals surface area contributed by atoms with Crippen molar-refractivity contribution < 1.29 is 39.8 Å². The molecule has 1 aliphatic heterocycles. The predicted octanol–water partition coefficient (Wildman–Crippen LogP) is 3.19. The fourth-order valence-corrected chi connectivity index (χ4v) is 6.82. The van der Waals surface area contributed by atoms with Crippen molar-refractivity contribution in [3.05, 3.63) is 0 Å². The van der Waals surface area contributed by atoms with Gasteiger partial charge in [-0.1, -0.05) is 48.0 Å². The third-order valence-corrected chi connectivity index (χ3v) is 9.71. The summed E-state index contributed by atoms with van der Waals surface area (Å²) in [6.45, 7) is 21.1. The van der Waals surface area contributed by atoms with Gasteiger partial charge in [-0.05, 0) is 72.5 Å². The Morgan fingerprint density at radius 1 is 1.10 bits per heavy atom. The molecule has 1 aliphatic rings. The quantitative estimate of drug-likeness (QED) is 0.149. The number of aliphatic carboxylic acids is 1. The van der Waals surface area contributed by atoms with Crippen LogP contribution in [-0.2, 0) is 14.3 Å². The zero-order chi connectivity index (χ0) is 32.5. The summed E-state index contributed by atoms with van der Waals surface area (Å²) >= 11 is 0. The van der Waals surface area contributed by atoms with E-state index in [0.717, 1.165) is 19.5 Å². The molecule has 10 heteroatoms. The smallest absolute Gasteiger partial charge is 0.308 e. The van der Waals surface area contributed by atoms with Gasteiger partial charge < -0.3 is 39.9 Å². The van der Waals surface area contributed by atoms with Crippen LogP contribution in [0.5, 0.6) is 0 Å². The van der Waals surface area contributed by atoms with Crippen LogP contribution in [0.1, 0.15) is 94.9 Å². The van der Waals surface area contributed by atoms with Gasteiger partial charge in [0, 0.05) is 31.0 Å². The summed E-state index contributed by atoms with van der Waals surface area (Å²) in [4.78, 5) is 16.3. The zero-order valence-corrected chi connectivity index (χ0v) is 28.2. The highest BCUT2D eigenvalue weighted by atomic mass is 16.7. The molecule has 10 nitrogen and oxygen atoms in total. The normalized spacial score (nSPS) is 28.9. The summed E-state index contributed by atoms with van der Waals surface area (Å²) in [5.74, 6) is -2.33. The van der Waals surface area contributed by atoms with Crippen LogP contribution in [0.15, 0.2) is 0 Å². The van der Waals surface area contributed by atoms with Gasteiger partial charge in [-0.15, -0.1) is 0 Å². The zero-order valence-electron chi connectivity index (χ0n) is 28.2. The molecule has 42 heavy (non-hydrogen) atoms. The Morgan fingerprint density at radius 3 is 2.17 bits per heavy atom. The SMILES string of the molecule is CCCC(C)(O)[C@H](O)[C@@H](C)N(C)C[C@H](C)C[C@H](C)C(O)[C@@H](C)C(O[C@H]1CC(N(CC)CC)[C@H](O)[C@@H](C)O1)[C@@H](C)C(=O)O. The molecule has 0 radical (unpaired) electrons. The molecule has 0 spiro atoms. The van der Waals surface area contributed by atoms with Crippen molar-refractivity contribution in [2.75, 3.05) is 26.7 Å². The lowest BCUT2D eigenvalue weighted by atomic mass is 9.81. The first-order chi connectivity index (χ1) is 19.4. The molecule has 0 saturated carbocycles. The Labute approximate surface area is 255 Å². The third-order valence-electron chi connectivity index (χ3n) is 9.71. The van der Waals surface area contributed by atoms with Crippen molar-refractivity contribution in [3.8, 4) is 0 Å². The lowest BCUT2D eigenvalue weighted by molar-refractivity contribution is -0.266. The second-order valence-electron chi connectivity index (χ2n) is 13.4. The Balaban J connectivity index is 2.94. The van der Waals surface area contributed by atoms with E-state index in [-0.39, 0.29) is 23.9 Å². The van der Waals surface area contributed by atoms with Crippen molar-refractivity contribution >= 4 is 5.97 Å². The maximum atomic E-state index is 12.1. The van der Waals surface area contributed by atoms with Crippen molar-refractivity contribution in [1.82, 2.24) is 9.80 Å². The fraction of sp³-hybridized carbons (Fsp3) is 0.969. The summed E-state index contributed by atoms with van der Waals surface area (Å²) < 4.78 is 12.3. The number of carbonyl (C=O) groups is 1. The summed E-state index contributed by atoms with van der Waals surface area (Å²) in [5.41, 5.74) is -1.16. The molecule has 0 amide bonds. The average Bonchev–Trinajstić information content (AvgIpc) is 2.92. The topological polar surface area (TPSA) is 143 Å². The van der Waals surface area contributed by atoms with Crippen LogP contribution in [0.2, 0.25) is 0 Å². The van der Waals surface area contributed by atoms with E-state index in [9.17, 15) is 30.3 Å². The van der Waals surface area contributed by atoms with Crippen LogP contribution < -0.4 is 0 Å². The van der Waals surface area contributed by atoms with Crippen LogP contribution in [-0.4, -0.2) is 122 Å². The number of aliphatic hydroxyl groups is 4. The van der Waals surface area contributed by atoms with Gasteiger partial charge in [0.2, 0.25) is 0 Å². The monoisotopic (exact) mass is 604 g/mol. The summed E-state index contributed by atoms with van der Waals surface area (Å²) in [7, 11) is 1.93. The van der Waals surface area contributed by atoms with Crippen molar-refractivity contribution in [1.29, 1.82) is 0 Å². The molecule has 0 aromatic carbocycles. The number of hydrogen-bond acceptors (Lipinski definition) is 9.